The molecule has 1 fully saturated rings. The van der Waals surface area contributed by atoms with Crippen molar-refractivity contribution in [1.29, 1.82) is 0 Å². The molecule has 9 nitrogen and oxygen atoms in total. The number of imide groups is 1. The number of hydrogen-bond acceptors (Lipinski definition) is 7. The summed E-state index contributed by atoms with van der Waals surface area (Å²) in [7, 11) is 1.46. The van der Waals surface area contributed by atoms with Gasteiger partial charge in [-0.25, -0.2) is 4.79 Å². The molecule has 1 aromatic heterocycles. The predicted molar refractivity (Wildman–Crippen MR) is 91.2 cm³/mol. The van der Waals surface area contributed by atoms with Crippen LogP contribution in [0.5, 0.6) is 0 Å². The molecule has 0 bridgehead atoms. The van der Waals surface area contributed by atoms with Crippen LogP contribution >= 0.6 is 11.8 Å². The fraction of sp³-hybridized carbons (Fsp3) is 0.714. The maximum atomic E-state index is 11.8. The van der Waals surface area contributed by atoms with Crippen LogP contribution in [0.15, 0.2) is 5.16 Å². The van der Waals surface area contributed by atoms with Crippen LogP contribution in [0.2, 0.25) is 0 Å². The number of nitrogens with zero attached hydrogens (tertiary/aromatic N) is 4. The zero-order chi connectivity index (χ0) is 17.5. The Labute approximate surface area is 145 Å². The second kappa shape index (κ2) is 8.88. The highest BCUT2D eigenvalue weighted by Gasteiger charge is 2.21. The summed E-state index contributed by atoms with van der Waals surface area (Å²) >= 11 is 1.27. The first kappa shape index (κ1) is 18.5. The van der Waals surface area contributed by atoms with Crippen molar-refractivity contribution >= 4 is 29.6 Å². The van der Waals surface area contributed by atoms with Crippen molar-refractivity contribution in [2.75, 3.05) is 44.0 Å². The molecule has 2 N–H and O–H groups in total. The molecule has 0 atom stereocenters. The average Bonchev–Trinajstić information content (AvgIpc) is 2.95. The number of amides is 3. The highest BCUT2D eigenvalue weighted by atomic mass is 32.2. The van der Waals surface area contributed by atoms with Gasteiger partial charge >= 0.3 is 6.03 Å². The molecule has 1 aromatic rings. The molecule has 0 radical (unpaired) electrons. The summed E-state index contributed by atoms with van der Waals surface area (Å²) in [6.07, 6.45) is 0. The first-order chi connectivity index (χ1) is 11.5. The molecule has 3 amide bonds. The number of urea groups is 1. The Morgan fingerprint density at radius 3 is 2.62 bits per heavy atom. The van der Waals surface area contributed by atoms with Gasteiger partial charge in [-0.3, -0.25) is 14.7 Å². The van der Waals surface area contributed by atoms with Crippen LogP contribution in [0.4, 0.5) is 10.7 Å². The molecule has 24 heavy (non-hydrogen) atoms. The lowest BCUT2D eigenvalue weighted by Crippen LogP contribution is -2.38. The van der Waals surface area contributed by atoms with Crippen LogP contribution in [-0.2, 0) is 16.1 Å². The van der Waals surface area contributed by atoms with Gasteiger partial charge in [-0.1, -0.05) is 25.6 Å². The van der Waals surface area contributed by atoms with Crippen LogP contribution < -0.4 is 15.5 Å². The van der Waals surface area contributed by atoms with Crippen molar-refractivity contribution in [1.82, 2.24) is 25.4 Å². The summed E-state index contributed by atoms with van der Waals surface area (Å²) in [5, 5.41) is 13.8. The number of morpholine rings is 1. The van der Waals surface area contributed by atoms with E-state index in [9.17, 15) is 9.59 Å². The van der Waals surface area contributed by atoms with E-state index in [1.54, 1.807) is 0 Å². The average molecular weight is 356 g/mol. The molecule has 0 aliphatic carbocycles. The van der Waals surface area contributed by atoms with E-state index in [-0.39, 0.29) is 11.7 Å². The largest absolute Gasteiger partial charge is 0.378 e. The first-order valence-electron chi connectivity index (χ1n) is 7.91. The van der Waals surface area contributed by atoms with Gasteiger partial charge in [-0.2, -0.15) is 0 Å². The quantitative estimate of drug-likeness (QED) is 0.708. The Morgan fingerprint density at radius 1 is 1.29 bits per heavy atom. The second-order valence-electron chi connectivity index (χ2n) is 5.80. The molecule has 0 saturated carbocycles. The van der Waals surface area contributed by atoms with Crippen molar-refractivity contribution in [3.63, 3.8) is 0 Å². The van der Waals surface area contributed by atoms with E-state index < -0.39 is 6.03 Å². The minimum atomic E-state index is -0.516. The summed E-state index contributed by atoms with van der Waals surface area (Å²) in [5.41, 5.74) is 0. The fourth-order valence-electron chi connectivity index (χ4n) is 2.27. The normalized spacial score (nSPS) is 14.8. The Morgan fingerprint density at radius 2 is 2.00 bits per heavy atom. The van der Waals surface area contributed by atoms with E-state index in [1.807, 2.05) is 4.57 Å². The number of hydrogen-bond donors (Lipinski definition) is 2. The zero-order valence-electron chi connectivity index (χ0n) is 14.2. The van der Waals surface area contributed by atoms with Crippen molar-refractivity contribution in [3.8, 4) is 0 Å². The van der Waals surface area contributed by atoms with E-state index in [0.29, 0.717) is 24.3 Å². The minimum absolute atomic E-state index is 0.104. The third kappa shape index (κ3) is 5.10. The van der Waals surface area contributed by atoms with Gasteiger partial charge in [0.1, 0.15) is 0 Å². The molecule has 2 heterocycles. The lowest BCUT2D eigenvalue weighted by atomic mass is 10.2. The summed E-state index contributed by atoms with van der Waals surface area (Å²) in [6, 6.07) is -0.516. The van der Waals surface area contributed by atoms with Crippen molar-refractivity contribution < 1.29 is 14.3 Å². The number of rotatable bonds is 6. The van der Waals surface area contributed by atoms with Gasteiger partial charge in [-0.05, 0) is 5.92 Å². The van der Waals surface area contributed by atoms with Gasteiger partial charge in [-0.15, -0.1) is 10.2 Å². The lowest BCUT2D eigenvalue weighted by molar-refractivity contribution is -0.117. The molecular weight excluding hydrogens is 332 g/mol. The number of anilines is 1. The van der Waals surface area contributed by atoms with E-state index in [0.717, 1.165) is 25.6 Å². The number of ether oxygens (including phenoxy) is 1. The van der Waals surface area contributed by atoms with Crippen LogP contribution in [0, 0.1) is 5.92 Å². The molecule has 1 aliphatic rings. The molecule has 1 aliphatic heterocycles. The van der Waals surface area contributed by atoms with Gasteiger partial charge in [0.15, 0.2) is 5.16 Å². The van der Waals surface area contributed by atoms with Gasteiger partial charge in [0.05, 0.1) is 19.0 Å². The third-order valence-electron chi connectivity index (χ3n) is 3.35. The van der Waals surface area contributed by atoms with Gasteiger partial charge in [0.2, 0.25) is 11.9 Å². The van der Waals surface area contributed by atoms with Crippen molar-refractivity contribution in [3.05, 3.63) is 0 Å². The molecular formula is C14H24N6O3S. The Balaban J connectivity index is 2.06. The highest BCUT2D eigenvalue weighted by molar-refractivity contribution is 7.99. The zero-order valence-corrected chi connectivity index (χ0v) is 15.1. The van der Waals surface area contributed by atoms with Crippen LogP contribution in [0.25, 0.3) is 0 Å². The molecule has 0 aromatic carbocycles. The number of thioether (sulfide) groups is 1. The molecule has 10 heteroatoms. The molecule has 2 rings (SSSR count). The second-order valence-corrected chi connectivity index (χ2v) is 6.74. The number of nitrogens with one attached hydrogen (secondary N) is 2. The van der Waals surface area contributed by atoms with E-state index in [2.05, 4.69) is 39.6 Å². The van der Waals surface area contributed by atoms with Crippen LogP contribution in [-0.4, -0.2) is 65.8 Å². The van der Waals surface area contributed by atoms with E-state index >= 15 is 0 Å². The highest BCUT2D eigenvalue weighted by Crippen LogP contribution is 2.24. The fourth-order valence-corrected chi connectivity index (χ4v) is 3.01. The van der Waals surface area contributed by atoms with E-state index in [1.165, 1.54) is 18.8 Å². The topological polar surface area (TPSA) is 101 Å². The monoisotopic (exact) mass is 356 g/mol. The smallest absolute Gasteiger partial charge is 0.321 e. The van der Waals surface area contributed by atoms with Crippen molar-refractivity contribution in [2.45, 2.75) is 25.5 Å². The van der Waals surface area contributed by atoms with Crippen molar-refractivity contribution in [2.24, 2.45) is 5.92 Å². The summed E-state index contributed by atoms with van der Waals surface area (Å²) in [5.74, 6) is 0.958. The Bertz CT molecular complexity index is 571. The lowest BCUT2D eigenvalue weighted by Gasteiger charge is -2.28. The SMILES string of the molecule is CNC(=O)NC(=O)CSc1nnc(N2CCOCC2)n1CC(C)C. The van der Waals surface area contributed by atoms with E-state index in [4.69, 9.17) is 4.74 Å². The summed E-state index contributed by atoms with van der Waals surface area (Å²) in [6.45, 7) is 7.90. The van der Waals surface area contributed by atoms with Gasteiger partial charge in [0.25, 0.3) is 0 Å². The maximum Gasteiger partial charge on any atom is 0.321 e. The number of aromatic nitrogens is 3. The third-order valence-corrected chi connectivity index (χ3v) is 4.32. The molecule has 0 spiro atoms. The summed E-state index contributed by atoms with van der Waals surface area (Å²) < 4.78 is 7.42. The Hall–Kier alpha value is -1.81. The van der Waals surface area contributed by atoms with Crippen LogP contribution in [0.3, 0.4) is 0 Å². The maximum absolute atomic E-state index is 11.8. The number of carbonyl (C=O) groups excluding carboxylic acids is 2. The molecule has 1 saturated heterocycles. The predicted octanol–water partition coefficient (Wildman–Crippen LogP) is 0.318. The van der Waals surface area contributed by atoms with Gasteiger partial charge < -0.3 is 15.0 Å². The summed E-state index contributed by atoms with van der Waals surface area (Å²) in [4.78, 5) is 25.0. The number of carbonyl (C=O) groups is 2. The standard InChI is InChI=1S/C14H24N6O3S/c1-10(2)8-20-13(19-4-6-23-7-5-19)17-18-14(20)24-9-11(21)16-12(22)15-3/h10H,4-9H2,1-3H3,(H2,15,16,21,22). The molecule has 0 unspecified atom stereocenters. The molecule has 134 valence electrons. The first-order valence-corrected chi connectivity index (χ1v) is 8.90. The van der Waals surface area contributed by atoms with Crippen LogP contribution in [0.1, 0.15) is 13.8 Å². The minimum Gasteiger partial charge on any atom is -0.378 e. The van der Waals surface area contributed by atoms with Gasteiger partial charge in [0, 0.05) is 26.7 Å². The Kier molecular flexibility index (Phi) is 6.85.